The van der Waals surface area contributed by atoms with E-state index in [0.29, 0.717) is 19.0 Å². The summed E-state index contributed by atoms with van der Waals surface area (Å²) in [6, 6.07) is 9.31. The van der Waals surface area contributed by atoms with Crippen LogP contribution in [0.2, 0.25) is 0 Å². The number of hydrogen-bond acceptors (Lipinski definition) is 4. The number of hydrogen-bond donors (Lipinski definition) is 1. The van der Waals surface area contributed by atoms with Crippen molar-refractivity contribution in [3.8, 4) is 5.88 Å². The number of rotatable bonds is 7. The van der Waals surface area contributed by atoms with Crippen LogP contribution in [0.5, 0.6) is 5.88 Å². The third-order valence-electron chi connectivity index (χ3n) is 3.87. The van der Waals surface area contributed by atoms with Crippen LogP contribution in [0.25, 0.3) is 10.8 Å². The van der Waals surface area contributed by atoms with Crippen molar-refractivity contribution in [1.29, 1.82) is 0 Å². The summed E-state index contributed by atoms with van der Waals surface area (Å²) in [6.07, 6.45) is 0.276. The number of nitrogens with one attached hydrogen (secondary N) is 1. The lowest BCUT2D eigenvalue weighted by atomic mass is 10.1. The number of methoxy groups -OCH3 is 1. The molecule has 1 heterocycles. The molecule has 0 bridgehead atoms. The molecular weight excluding hydrogens is 306 g/mol. The van der Waals surface area contributed by atoms with E-state index >= 15 is 0 Å². The van der Waals surface area contributed by atoms with Gasteiger partial charge in [0.25, 0.3) is 5.91 Å². The molecule has 2 rings (SSSR count). The van der Waals surface area contributed by atoms with Crippen LogP contribution >= 0.6 is 0 Å². The van der Waals surface area contributed by atoms with Gasteiger partial charge in [-0.05, 0) is 31.4 Å². The minimum atomic E-state index is -0.314. The fraction of sp³-hybridized carbons (Fsp3) is 0.389. The van der Waals surface area contributed by atoms with E-state index in [1.807, 2.05) is 38.1 Å². The average Bonchev–Trinajstić information content (AvgIpc) is 2.61. The zero-order valence-corrected chi connectivity index (χ0v) is 14.3. The lowest BCUT2D eigenvalue weighted by molar-refractivity contribution is -0.130. The number of nitrogens with zero attached hydrogens (tertiary/aromatic N) is 2. The van der Waals surface area contributed by atoms with Crippen molar-refractivity contribution >= 4 is 22.6 Å². The number of fused-ring (bicyclic) bond motifs is 1. The third kappa shape index (κ3) is 4.01. The maximum absolute atomic E-state index is 12.3. The smallest absolute Gasteiger partial charge is 0.270 e. The van der Waals surface area contributed by atoms with Gasteiger partial charge in [-0.3, -0.25) is 9.59 Å². The molecular formula is C18H23N3O3. The number of ether oxygens (including phenoxy) is 1. The monoisotopic (exact) mass is 329 g/mol. The largest absolute Gasteiger partial charge is 0.481 e. The Morgan fingerprint density at radius 3 is 2.58 bits per heavy atom. The number of benzene rings is 1. The van der Waals surface area contributed by atoms with Crippen molar-refractivity contribution in [3.05, 3.63) is 36.0 Å². The van der Waals surface area contributed by atoms with Crippen molar-refractivity contribution in [2.45, 2.75) is 20.3 Å². The number of pyridine rings is 1. The predicted molar refractivity (Wildman–Crippen MR) is 93.2 cm³/mol. The van der Waals surface area contributed by atoms with Gasteiger partial charge < -0.3 is 15.0 Å². The molecule has 0 atom stereocenters. The molecule has 1 aromatic carbocycles. The first-order valence-electron chi connectivity index (χ1n) is 8.10. The summed E-state index contributed by atoms with van der Waals surface area (Å²) in [7, 11) is 1.53. The SMILES string of the molecule is CCN(CC)C(=O)CCNC(=O)c1cc2ccccc2c(OC)n1. The molecule has 0 radical (unpaired) electrons. The Morgan fingerprint density at radius 2 is 1.92 bits per heavy atom. The zero-order valence-electron chi connectivity index (χ0n) is 14.3. The maximum Gasteiger partial charge on any atom is 0.270 e. The van der Waals surface area contributed by atoms with Crippen LogP contribution in [0, 0.1) is 0 Å². The summed E-state index contributed by atoms with van der Waals surface area (Å²) < 4.78 is 5.27. The minimum Gasteiger partial charge on any atom is -0.481 e. The Kier molecular flexibility index (Phi) is 6.12. The van der Waals surface area contributed by atoms with Gasteiger partial charge in [-0.15, -0.1) is 0 Å². The van der Waals surface area contributed by atoms with Crippen LogP contribution < -0.4 is 10.1 Å². The predicted octanol–water partition coefficient (Wildman–Crippen LogP) is 2.23. The molecule has 0 aliphatic carbocycles. The third-order valence-corrected chi connectivity index (χ3v) is 3.87. The fourth-order valence-electron chi connectivity index (χ4n) is 2.55. The van der Waals surface area contributed by atoms with Gasteiger partial charge >= 0.3 is 0 Å². The number of carbonyl (C=O) groups is 2. The number of aromatic nitrogens is 1. The van der Waals surface area contributed by atoms with E-state index in [0.717, 1.165) is 10.8 Å². The highest BCUT2D eigenvalue weighted by molar-refractivity contribution is 5.98. The highest BCUT2D eigenvalue weighted by atomic mass is 16.5. The quantitative estimate of drug-likeness (QED) is 0.845. The highest BCUT2D eigenvalue weighted by Gasteiger charge is 2.14. The Bertz CT molecular complexity index is 727. The Labute approximate surface area is 141 Å². The molecule has 0 saturated carbocycles. The summed E-state index contributed by atoms with van der Waals surface area (Å²) in [5.74, 6) is 0.133. The molecule has 0 aliphatic heterocycles. The summed E-state index contributed by atoms with van der Waals surface area (Å²) in [6.45, 7) is 5.50. The second-order valence-corrected chi connectivity index (χ2v) is 5.31. The number of carbonyl (C=O) groups excluding carboxylic acids is 2. The molecule has 6 nitrogen and oxygen atoms in total. The molecule has 128 valence electrons. The average molecular weight is 329 g/mol. The van der Waals surface area contributed by atoms with Crippen molar-refractivity contribution in [1.82, 2.24) is 15.2 Å². The van der Waals surface area contributed by atoms with Gasteiger partial charge in [0.05, 0.1) is 7.11 Å². The van der Waals surface area contributed by atoms with Gasteiger partial charge in [-0.2, -0.15) is 0 Å². The summed E-state index contributed by atoms with van der Waals surface area (Å²) in [4.78, 5) is 30.2. The topological polar surface area (TPSA) is 71.5 Å². The molecule has 0 spiro atoms. The summed E-state index contributed by atoms with van der Waals surface area (Å²) >= 11 is 0. The van der Waals surface area contributed by atoms with Crippen molar-refractivity contribution < 1.29 is 14.3 Å². The molecule has 1 N–H and O–H groups in total. The van der Waals surface area contributed by atoms with Crippen LogP contribution in [0.1, 0.15) is 30.8 Å². The maximum atomic E-state index is 12.3. The van der Waals surface area contributed by atoms with Gasteiger partial charge in [0.1, 0.15) is 5.69 Å². The van der Waals surface area contributed by atoms with E-state index in [-0.39, 0.29) is 30.5 Å². The van der Waals surface area contributed by atoms with Gasteiger partial charge in [-0.1, -0.05) is 18.2 Å². The van der Waals surface area contributed by atoms with Crippen LogP contribution in [0.4, 0.5) is 0 Å². The molecule has 2 amide bonds. The Balaban J connectivity index is 2.05. The van der Waals surface area contributed by atoms with Gasteiger partial charge in [0.2, 0.25) is 11.8 Å². The standard InChI is InChI=1S/C18H23N3O3/c1-4-21(5-2)16(22)10-11-19-17(23)15-12-13-8-6-7-9-14(13)18(20-15)24-3/h6-9,12H,4-5,10-11H2,1-3H3,(H,19,23). The molecule has 0 aliphatic rings. The fourth-order valence-corrected chi connectivity index (χ4v) is 2.55. The van der Waals surface area contributed by atoms with Gasteiger partial charge in [0, 0.05) is 31.4 Å². The van der Waals surface area contributed by atoms with Crippen LogP contribution in [-0.4, -0.2) is 48.4 Å². The van der Waals surface area contributed by atoms with Gasteiger partial charge in [0.15, 0.2) is 0 Å². The lowest BCUT2D eigenvalue weighted by Crippen LogP contribution is -2.34. The first kappa shape index (κ1) is 17.7. The Morgan fingerprint density at radius 1 is 1.21 bits per heavy atom. The molecule has 1 aromatic heterocycles. The van der Waals surface area contributed by atoms with Crippen LogP contribution in [-0.2, 0) is 4.79 Å². The molecule has 0 unspecified atom stereocenters. The van der Waals surface area contributed by atoms with E-state index in [2.05, 4.69) is 10.3 Å². The molecule has 6 heteroatoms. The lowest BCUT2D eigenvalue weighted by Gasteiger charge is -2.18. The van der Waals surface area contributed by atoms with E-state index in [4.69, 9.17) is 4.74 Å². The first-order chi connectivity index (χ1) is 11.6. The second kappa shape index (κ2) is 8.29. The number of amides is 2. The first-order valence-corrected chi connectivity index (χ1v) is 8.10. The Hall–Kier alpha value is -2.63. The van der Waals surface area contributed by atoms with Gasteiger partial charge in [-0.25, -0.2) is 4.98 Å². The molecule has 24 heavy (non-hydrogen) atoms. The second-order valence-electron chi connectivity index (χ2n) is 5.31. The summed E-state index contributed by atoms with van der Waals surface area (Å²) in [5.41, 5.74) is 0.279. The van der Waals surface area contributed by atoms with E-state index < -0.39 is 0 Å². The van der Waals surface area contributed by atoms with E-state index in [9.17, 15) is 9.59 Å². The normalized spacial score (nSPS) is 10.5. The van der Waals surface area contributed by atoms with Crippen molar-refractivity contribution in [3.63, 3.8) is 0 Å². The highest BCUT2D eigenvalue weighted by Crippen LogP contribution is 2.24. The molecule has 0 saturated heterocycles. The van der Waals surface area contributed by atoms with Crippen LogP contribution in [0.3, 0.4) is 0 Å². The van der Waals surface area contributed by atoms with Crippen molar-refractivity contribution in [2.75, 3.05) is 26.7 Å². The molecule has 2 aromatic rings. The minimum absolute atomic E-state index is 0.0318. The van der Waals surface area contributed by atoms with Crippen molar-refractivity contribution in [2.24, 2.45) is 0 Å². The molecule has 0 fully saturated rings. The van der Waals surface area contributed by atoms with E-state index in [1.54, 1.807) is 11.0 Å². The summed E-state index contributed by atoms with van der Waals surface area (Å²) in [5, 5.41) is 4.48. The van der Waals surface area contributed by atoms with Crippen LogP contribution in [0.15, 0.2) is 30.3 Å². The van der Waals surface area contributed by atoms with E-state index in [1.165, 1.54) is 7.11 Å². The zero-order chi connectivity index (χ0) is 17.5.